The first kappa shape index (κ1) is 11.2. The molecule has 0 aromatic carbocycles. The van der Waals surface area contributed by atoms with Crippen LogP contribution in [0.1, 0.15) is 30.9 Å². The summed E-state index contributed by atoms with van der Waals surface area (Å²) >= 11 is 0. The standard InChI is InChI=1S/C12H20N2/c1-4-12(13-3)6-5-11-9-14-8-7-10(11)2/h7-9,12-13H,4-6H2,1-3H3. The smallest absolute Gasteiger partial charge is 0.0302 e. The summed E-state index contributed by atoms with van der Waals surface area (Å²) in [5.74, 6) is 0. The second-order valence-corrected chi connectivity index (χ2v) is 3.73. The quantitative estimate of drug-likeness (QED) is 0.774. The monoisotopic (exact) mass is 192 g/mol. The van der Waals surface area contributed by atoms with Crippen LogP contribution in [0.3, 0.4) is 0 Å². The van der Waals surface area contributed by atoms with Crippen molar-refractivity contribution < 1.29 is 0 Å². The molecule has 1 rings (SSSR count). The number of nitrogens with zero attached hydrogens (tertiary/aromatic N) is 1. The highest BCUT2D eigenvalue weighted by Crippen LogP contribution is 2.10. The molecule has 0 saturated carbocycles. The van der Waals surface area contributed by atoms with Gasteiger partial charge in [0, 0.05) is 18.4 Å². The molecule has 0 aliphatic heterocycles. The first-order valence-corrected chi connectivity index (χ1v) is 5.34. The van der Waals surface area contributed by atoms with Crippen LogP contribution < -0.4 is 5.32 Å². The Morgan fingerprint density at radius 2 is 2.29 bits per heavy atom. The molecule has 1 heterocycles. The van der Waals surface area contributed by atoms with Crippen LogP contribution in [0, 0.1) is 6.92 Å². The molecule has 0 aliphatic carbocycles. The van der Waals surface area contributed by atoms with Crippen molar-refractivity contribution >= 4 is 0 Å². The van der Waals surface area contributed by atoms with E-state index < -0.39 is 0 Å². The molecule has 1 aromatic heterocycles. The van der Waals surface area contributed by atoms with Crippen LogP contribution in [-0.4, -0.2) is 18.1 Å². The minimum absolute atomic E-state index is 0.634. The molecule has 0 radical (unpaired) electrons. The van der Waals surface area contributed by atoms with Crippen molar-refractivity contribution in [3.63, 3.8) is 0 Å². The Hall–Kier alpha value is -0.890. The first-order valence-electron chi connectivity index (χ1n) is 5.34. The van der Waals surface area contributed by atoms with Gasteiger partial charge >= 0.3 is 0 Å². The number of hydrogen-bond donors (Lipinski definition) is 1. The van der Waals surface area contributed by atoms with Crippen molar-refractivity contribution in [2.75, 3.05) is 7.05 Å². The van der Waals surface area contributed by atoms with E-state index in [1.165, 1.54) is 24.0 Å². The van der Waals surface area contributed by atoms with Gasteiger partial charge in [-0.25, -0.2) is 0 Å². The van der Waals surface area contributed by atoms with Crippen LogP contribution >= 0.6 is 0 Å². The van der Waals surface area contributed by atoms with Gasteiger partial charge in [0.15, 0.2) is 0 Å². The minimum atomic E-state index is 0.634. The molecule has 1 unspecified atom stereocenters. The lowest BCUT2D eigenvalue weighted by atomic mass is 10.0. The molecule has 1 atom stereocenters. The van der Waals surface area contributed by atoms with Crippen molar-refractivity contribution in [3.8, 4) is 0 Å². The predicted octanol–water partition coefficient (Wildman–Crippen LogP) is 2.32. The normalized spacial score (nSPS) is 12.8. The van der Waals surface area contributed by atoms with E-state index in [0.717, 1.165) is 6.42 Å². The zero-order valence-electron chi connectivity index (χ0n) is 9.38. The largest absolute Gasteiger partial charge is 0.317 e. The van der Waals surface area contributed by atoms with Gasteiger partial charge in [-0.3, -0.25) is 4.98 Å². The summed E-state index contributed by atoms with van der Waals surface area (Å²) in [6, 6.07) is 2.71. The Kier molecular flexibility index (Phi) is 4.60. The van der Waals surface area contributed by atoms with Gasteiger partial charge in [0.05, 0.1) is 0 Å². The number of aromatic nitrogens is 1. The number of aryl methyl sites for hydroxylation is 2. The molecule has 0 aliphatic rings. The molecule has 2 heteroatoms. The van der Waals surface area contributed by atoms with Crippen molar-refractivity contribution in [3.05, 3.63) is 29.6 Å². The zero-order chi connectivity index (χ0) is 10.4. The van der Waals surface area contributed by atoms with E-state index in [0.29, 0.717) is 6.04 Å². The molecule has 0 fully saturated rings. The SMILES string of the molecule is CCC(CCc1cnccc1C)NC. The third-order valence-corrected chi connectivity index (χ3v) is 2.81. The maximum atomic E-state index is 4.15. The van der Waals surface area contributed by atoms with Crippen LogP contribution in [0.4, 0.5) is 0 Å². The lowest BCUT2D eigenvalue weighted by Gasteiger charge is -2.13. The highest BCUT2D eigenvalue weighted by molar-refractivity contribution is 5.21. The number of pyridine rings is 1. The summed E-state index contributed by atoms with van der Waals surface area (Å²) in [5, 5.41) is 3.32. The summed E-state index contributed by atoms with van der Waals surface area (Å²) in [4.78, 5) is 4.15. The second-order valence-electron chi connectivity index (χ2n) is 3.73. The van der Waals surface area contributed by atoms with Crippen molar-refractivity contribution in [1.29, 1.82) is 0 Å². The average molecular weight is 192 g/mol. The van der Waals surface area contributed by atoms with Gasteiger partial charge in [-0.15, -0.1) is 0 Å². The fourth-order valence-corrected chi connectivity index (χ4v) is 1.64. The Morgan fingerprint density at radius 1 is 1.50 bits per heavy atom. The molecule has 1 aromatic rings. The summed E-state index contributed by atoms with van der Waals surface area (Å²) < 4.78 is 0. The highest BCUT2D eigenvalue weighted by Gasteiger charge is 2.04. The van der Waals surface area contributed by atoms with Crippen molar-refractivity contribution in [2.45, 2.75) is 39.2 Å². The molecule has 78 valence electrons. The highest BCUT2D eigenvalue weighted by atomic mass is 14.9. The van der Waals surface area contributed by atoms with Crippen molar-refractivity contribution in [2.24, 2.45) is 0 Å². The molecule has 0 bridgehead atoms. The van der Waals surface area contributed by atoms with Crippen molar-refractivity contribution in [1.82, 2.24) is 10.3 Å². The maximum absolute atomic E-state index is 4.15. The molecule has 14 heavy (non-hydrogen) atoms. The molecule has 2 nitrogen and oxygen atoms in total. The molecular formula is C12H20N2. The molecule has 1 N–H and O–H groups in total. The topological polar surface area (TPSA) is 24.9 Å². The molecule has 0 spiro atoms. The lowest BCUT2D eigenvalue weighted by Crippen LogP contribution is -2.24. The number of hydrogen-bond acceptors (Lipinski definition) is 2. The Bertz CT molecular complexity index is 267. The van der Waals surface area contributed by atoms with Gasteiger partial charge in [0.2, 0.25) is 0 Å². The van der Waals surface area contributed by atoms with Crippen LogP contribution in [0.25, 0.3) is 0 Å². The summed E-state index contributed by atoms with van der Waals surface area (Å²) in [7, 11) is 2.03. The van der Waals surface area contributed by atoms with E-state index in [-0.39, 0.29) is 0 Å². The molecule has 0 saturated heterocycles. The average Bonchev–Trinajstić information content (AvgIpc) is 2.22. The van der Waals surface area contributed by atoms with Gasteiger partial charge in [-0.1, -0.05) is 6.92 Å². The fraction of sp³-hybridized carbons (Fsp3) is 0.583. The second kappa shape index (κ2) is 5.76. The van der Waals surface area contributed by atoms with Crippen LogP contribution in [0.15, 0.2) is 18.5 Å². The molecular weight excluding hydrogens is 172 g/mol. The lowest BCUT2D eigenvalue weighted by molar-refractivity contribution is 0.508. The number of rotatable bonds is 5. The van der Waals surface area contributed by atoms with Gasteiger partial charge in [-0.2, -0.15) is 0 Å². The van der Waals surface area contributed by atoms with Crippen LogP contribution in [0.5, 0.6) is 0 Å². The van der Waals surface area contributed by atoms with Crippen LogP contribution in [-0.2, 0) is 6.42 Å². The summed E-state index contributed by atoms with van der Waals surface area (Å²) in [5.41, 5.74) is 2.73. The fourth-order valence-electron chi connectivity index (χ4n) is 1.64. The van der Waals surface area contributed by atoms with E-state index in [2.05, 4.69) is 30.2 Å². The Labute approximate surface area is 86.8 Å². The van der Waals surface area contributed by atoms with E-state index in [4.69, 9.17) is 0 Å². The molecule has 0 amide bonds. The van der Waals surface area contributed by atoms with Gasteiger partial charge in [-0.05, 0) is 50.4 Å². The Morgan fingerprint density at radius 3 is 2.86 bits per heavy atom. The van der Waals surface area contributed by atoms with E-state index >= 15 is 0 Å². The van der Waals surface area contributed by atoms with E-state index in [1.54, 1.807) is 0 Å². The summed E-state index contributed by atoms with van der Waals surface area (Å²) in [6.07, 6.45) is 7.35. The maximum Gasteiger partial charge on any atom is 0.0302 e. The van der Waals surface area contributed by atoms with E-state index in [9.17, 15) is 0 Å². The van der Waals surface area contributed by atoms with E-state index in [1.807, 2.05) is 19.4 Å². The third-order valence-electron chi connectivity index (χ3n) is 2.81. The Balaban J connectivity index is 2.49. The first-order chi connectivity index (χ1) is 6.77. The predicted molar refractivity (Wildman–Crippen MR) is 60.4 cm³/mol. The van der Waals surface area contributed by atoms with Gasteiger partial charge < -0.3 is 5.32 Å². The zero-order valence-corrected chi connectivity index (χ0v) is 9.38. The van der Waals surface area contributed by atoms with Gasteiger partial charge in [0.1, 0.15) is 0 Å². The summed E-state index contributed by atoms with van der Waals surface area (Å²) in [6.45, 7) is 4.37. The van der Waals surface area contributed by atoms with Crippen LogP contribution in [0.2, 0.25) is 0 Å². The minimum Gasteiger partial charge on any atom is -0.317 e. The third kappa shape index (κ3) is 3.11. The number of nitrogens with one attached hydrogen (secondary N) is 1. The van der Waals surface area contributed by atoms with Gasteiger partial charge in [0.25, 0.3) is 0 Å².